The zero-order chi connectivity index (χ0) is 13.7. The molecule has 0 atom stereocenters. The molecular formula is C14H19N3OS. The molecule has 0 saturated heterocycles. The quantitative estimate of drug-likeness (QED) is 0.875. The summed E-state index contributed by atoms with van der Waals surface area (Å²) in [6, 6.07) is 7.97. The van der Waals surface area contributed by atoms with Crippen LogP contribution in [0, 0.1) is 5.92 Å². The zero-order valence-electron chi connectivity index (χ0n) is 11.5. The van der Waals surface area contributed by atoms with Gasteiger partial charge in [0.1, 0.15) is 5.75 Å². The highest BCUT2D eigenvalue weighted by atomic mass is 32.1. The maximum absolute atomic E-state index is 5.84. The fourth-order valence-electron chi connectivity index (χ4n) is 1.58. The molecule has 4 nitrogen and oxygen atoms in total. The van der Waals surface area contributed by atoms with E-state index >= 15 is 0 Å². The Kier molecular flexibility index (Phi) is 4.74. The molecule has 1 heterocycles. The van der Waals surface area contributed by atoms with Crippen LogP contribution in [0.2, 0.25) is 0 Å². The predicted molar refractivity (Wildman–Crippen MR) is 79.8 cm³/mol. The van der Waals surface area contributed by atoms with Crippen molar-refractivity contribution < 1.29 is 4.74 Å². The molecule has 0 aliphatic carbocycles. The number of benzene rings is 1. The SMILES string of the molecule is CCNc1nnc(-c2ccccc2OCC(C)C)s1. The highest BCUT2D eigenvalue weighted by Crippen LogP contribution is 2.33. The molecule has 0 spiro atoms. The topological polar surface area (TPSA) is 47.0 Å². The summed E-state index contributed by atoms with van der Waals surface area (Å²) in [7, 11) is 0. The molecule has 1 aromatic carbocycles. The summed E-state index contributed by atoms with van der Waals surface area (Å²) in [6.45, 7) is 7.87. The van der Waals surface area contributed by atoms with Gasteiger partial charge in [0.25, 0.3) is 0 Å². The number of para-hydroxylation sites is 1. The smallest absolute Gasteiger partial charge is 0.205 e. The zero-order valence-corrected chi connectivity index (χ0v) is 12.3. The number of nitrogens with zero attached hydrogens (tertiary/aromatic N) is 2. The average Bonchev–Trinajstić information content (AvgIpc) is 2.85. The Bertz CT molecular complexity index is 525. The van der Waals surface area contributed by atoms with Crippen molar-refractivity contribution >= 4 is 16.5 Å². The standard InChI is InChI=1S/C14H19N3OS/c1-4-15-14-17-16-13(19-14)11-7-5-6-8-12(11)18-9-10(2)3/h5-8,10H,4,9H2,1-3H3,(H,15,17). The van der Waals surface area contributed by atoms with Crippen LogP contribution in [0.15, 0.2) is 24.3 Å². The van der Waals surface area contributed by atoms with Crippen molar-refractivity contribution in [1.29, 1.82) is 0 Å². The van der Waals surface area contributed by atoms with Gasteiger partial charge in [-0.3, -0.25) is 0 Å². The van der Waals surface area contributed by atoms with Crippen LogP contribution in [-0.2, 0) is 0 Å². The van der Waals surface area contributed by atoms with E-state index in [1.807, 2.05) is 31.2 Å². The van der Waals surface area contributed by atoms with Crippen molar-refractivity contribution in [2.24, 2.45) is 5.92 Å². The molecule has 2 aromatic rings. The largest absolute Gasteiger partial charge is 0.493 e. The second kappa shape index (κ2) is 6.52. The van der Waals surface area contributed by atoms with Crippen LogP contribution in [0.5, 0.6) is 5.75 Å². The highest BCUT2D eigenvalue weighted by molar-refractivity contribution is 7.18. The summed E-state index contributed by atoms with van der Waals surface area (Å²) < 4.78 is 5.84. The van der Waals surface area contributed by atoms with Crippen LogP contribution in [-0.4, -0.2) is 23.3 Å². The van der Waals surface area contributed by atoms with Crippen molar-refractivity contribution in [2.75, 3.05) is 18.5 Å². The molecule has 102 valence electrons. The van der Waals surface area contributed by atoms with Gasteiger partial charge in [-0.1, -0.05) is 37.3 Å². The minimum Gasteiger partial charge on any atom is -0.493 e. The number of ether oxygens (including phenoxy) is 1. The van der Waals surface area contributed by atoms with Gasteiger partial charge >= 0.3 is 0 Å². The number of nitrogens with one attached hydrogen (secondary N) is 1. The van der Waals surface area contributed by atoms with Crippen molar-refractivity contribution in [3.05, 3.63) is 24.3 Å². The predicted octanol–water partition coefficient (Wildman–Crippen LogP) is 3.67. The van der Waals surface area contributed by atoms with Crippen molar-refractivity contribution in [3.63, 3.8) is 0 Å². The summed E-state index contributed by atoms with van der Waals surface area (Å²) in [5.41, 5.74) is 1.00. The fourth-order valence-corrected chi connectivity index (χ4v) is 2.42. The lowest BCUT2D eigenvalue weighted by molar-refractivity contribution is 0.272. The second-order valence-electron chi connectivity index (χ2n) is 4.64. The van der Waals surface area contributed by atoms with E-state index in [0.717, 1.165) is 28.0 Å². The molecular weight excluding hydrogens is 258 g/mol. The third-order valence-corrected chi connectivity index (χ3v) is 3.36. The molecule has 1 aromatic heterocycles. The molecule has 0 amide bonds. The van der Waals surface area contributed by atoms with Crippen molar-refractivity contribution in [1.82, 2.24) is 10.2 Å². The number of aromatic nitrogens is 2. The minimum absolute atomic E-state index is 0.500. The van der Waals surface area contributed by atoms with Gasteiger partial charge in [0.05, 0.1) is 12.2 Å². The van der Waals surface area contributed by atoms with Gasteiger partial charge in [-0.2, -0.15) is 0 Å². The average molecular weight is 277 g/mol. The summed E-state index contributed by atoms with van der Waals surface area (Å²) in [5.74, 6) is 1.37. The Balaban J connectivity index is 2.22. The Labute approximate surface area is 117 Å². The molecule has 0 fully saturated rings. The molecule has 0 saturated carbocycles. The van der Waals surface area contributed by atoms with E-state index in [0.29, 0.717) is 12.5 Å². The Morgan fingerprint density at radius 3 is 2.79 bits per heavy atom. The lowest BCUT2D eigenvalue weighted by Crippen LogP contribution is -2.05. The van der Waals surface area contributed by atoms with Crippen LogP contribution in [0.4, 0.5) is 5.13 Å². The van der Waals surface area contributed by atoms with Gasteiger partial charge in [0.2, 0.25) is 5.13 Å². The lowest BCUT2D eigenvalue weighted by Gasteiger charge is -2.11. The Morgan fingerprint density at radius 2 is 2.05 bits per heavy atom. The van der Waals surface area contributed by atoms with E-state index in [-0.39, 0.29) is 0 Å². The molecule has 5 heteroatoms. The highest BCUT2D eigenvalue weighted by Gasteiger charge is 2.11. The van der Waals surface area contributed by atoms with E-state index in [2.05, 4.69) is 29.4 Å². The molecule has 19 heavy (non-hydrogen) atoms. The molecule has 0 unspecified atom stereocenters. The monoisotopic (exact) mass is 277 g/mol. The molecule has 0 aliphatic rings. The first kappa shape index (κ1) is 13.8. The van der Waals surface area contributed by atoms with Gasteiger partial charge in [0.15, 0.2) is 5.01 Å². The first-order valence-electron chi connectivity index (χ1n) is 6.50. The van der Waals surface area contributed by atoms with Crippen LogP contribution < -0.4 is 10.1 Å². The van der Waals surface area contributed by atoms with Crippen LogP contribution >= 0.6 is 11.3 Å². The molecule has 0 radical (unpaired) electrons. The Hall–Kier alpha value is -1.62. The van der Waals surface area contributed by atoms with E-state index in [4.69, 9.17) is 4.74 Å². The summed E-state index contributed by atoms with van der Waals surface area (Å²) in [4.78, 5) is 0. The van der Waals surface area contributed by atoms with Gasteiger partial charge in [-0.15, -0.1) is 10.2 Å². The number of hydrogen-bond donors (Lipinski definition) is 1. The van der Waals surface area contributed by atoms with Gasteiger partial charge in [-0.25, -0.2) is 0 Å². The minimum atomic E-state index is 0.500. The Morgan fingerprint density at radius 1 is 1.26 bits per heavy atom. The van der Waals surface area contributed by atoms with Crippen LogP contribution in [0.1, 0.15) is 20.8 Å². The number of hydrogen-bond acceptors (Lipinski definition) is 5. The van der Waals surface area contributed by atoms with E-state index < -0.39 is 0 Å². The van der Waals surface area contributed by atoms with Gasteiger partial charge in [0, 0.05) is 6.54 Å². The molecule has 0 bridgehead atoms. The van der Waals surface area contributed by atoms with E-state index in [1.165, 1.54) is 0 Å². The maximum Gasteiger partial charge on any atom is 0.205 e. The first-order valence-corrected chi connectivity index (χ1v) is 7.32. The third kappa shape index (κ3) is 3.67. The number of rotatable bonds is 6. The second-order valence-corrected chi connectivity index (χ2v) is 5.62. The fraction of sp³-hybridized carbons (Fsp3) is 0.429. The van der Waals surface area contributed by atoms with E-state index in [1.54, 1.807) is 11.3 Å². The maximum atomic E-state index is 5.84. The van der Waals surface area contributed by atoms with E-state index in [9.17, 15) is 0 Å². The molecule has 1 N–H and O–H groups in total. The summed E-state index contributed by atoms with van der Waals surface area (Å²) in [5, 5.41) is 13.2. The normalized spacial score (nSPS) is 10.7. The van der Waals surface area contributed by atoms with Crippen molar-refractivity contribution in [2.45, 2.75) is 20.8 Å². The van der Waals surface area contributed by atoms with Gasteiger partial charge in [-0.05, 0) is 25.0 Å². The molecule has 0 aliphatic heterocycles. The molecule has 2 rings (SSSR count). The lowest BCUT2D eigenvalue weighted by atomic mass is 10.2. The number of anilines is 1. The van der Waals surface area contributed by atoms with Crippen molar-refractivity contribution in [3.8, 4) is 16.3 Å². The first-order chi connectivity index (χ1) is 9.20. The van der Waals surface area contributed by atoms with Gasteiger partial charge < -0.3 is 10.1 Å². The van der Waals surface area contributed by atoms with Crippen LogP contribution in [0.3, 0.4) is 0 Å². The third-order valence-electron chi connectivity index (χ3n) is 2.44. The summed E-state index contributed by atoms with van der Waals surface area (Å²) >= 11 is 1.55. The van der Waals surface area contributed by atoms with Crippen LogP contribution in [0.25, 0.3) is 10.6 Å². The summed E-state index contributed by atoms with van der Waals surface area (Å²) in [6.07, 6.45) is 0.